The van der Waals surface area contributed by atoms with E-state index in [-0.39, 0.29) is 5.97 Å². The molecule has 2 aromatic heterocycles. The Bertz CT molecular complexity index is 507. The number of hydrogen-bond donors (Lipinski definition) is 0. The molecule has 0 unspecified atom stereocenters. The van der Waals surface area contributed by atoms with Crippen LogP contribution >= 0.6 is 22.6 Å². The Morgan fingerprint density at radius 2 is 2.40 bits per heavy atom. The molecule has 0 aliphatic rings. The summed E-state index contributed by atoms with van der Waals surface area (Å²) >= 11 is 2.19. The molecule has 2 heterocycles. The molecule has 0 aliphatic heterocycles. The van der Waals surface area contributed by atoms with E-state index in [1.165, 1.54) is 0 Å². The number of carbonyl (C=O) groups is 1. The molecule has 0 saturated carbocycles. The Hall–Kier alpha value is -1.11. The van der Waals surface area contributed by atoms with Crippen molar-refractivity contribution in [3.63, 3.8) is 0 Å². The van der Waals surface area contributed by atoms with Crippen LogP contribution in [0.25, 0.3) is 5.65 Å². The highest BCUT2D eigenvalue weighted by molar-refractivity contribution is 14.1. The molecule has 0 spiro atoms. The van der Waals surface area contributed by atoms with Crippen molar-refractivity contribution < 1.29 is 9.53 Å². The quantitative estimate of drug-likeness (QED) is 0.484. The summed E-state index contributed by atoms with van der Waals surface area (Å²) in [7, 11) is 0. The Balaban J connectivity index is 2.47. The van der Waals surface area contributed by atoms with Crippen LogP contribution in [0.2, 0.25) is 0 Å². The van der Waals surface area contributed by atoms with Crippen molar-refractivity contribution in [2.24, 2.45) is 0 Å². The van der Waals surface area contributed by atoms with Crippen molar-refractivity contribution in [3.05, 3.63) is 33.8 Å². The summed E-state index contributed by atoms with van der Waals surface area (Å²) in [5.74, 6) is -0.378. The van der Waals surface area contributed by atoms with Gasteiger partial charge in [0.05, 0.1) is 10.3 Å². The van der Waals surface area contributed by atoms with E-state index in [2.05, 4.69) is 27.6 Å². The Kier molecular flexibility index (Phi) is 2.90. The zero-order chi connectivity index (χ0) is 10.8. The van der Waals surface area contributed by atoms with Gasteiger partial charge in [0.25, 0.3) is 0 Å². The first-order chi connectivity index (χ1) is 7.22. The molecule has 2 rings (SSSR count). The van der Waals surface area contributed by atoms with Gasteiger partial charge in [0.15, 0.2) is 5.69 Å². The van der Waals surface area contributed by atoms with Gasteiger partial charge in [-0.2, -0.15) is 0 Å². The first-order valence-corrected chi connectivity index (χ1v) is 5.61. The molecule has 0 amide bonds. The Morgan fingerprint density at radius 1 is 1.60 bits per heavy atom. The van der Waals surface area contributed by atoms with Gasteiger partial charge < -0.3 is 4.74 Å². The molecule has 0 fully saturated rings. The Labute approximate surface area is 100 Å². The van der Waals surface area contributed by atoms with Crippen LogP contribution in [-0.2, 0) is 4.74 Å². The maximum atomic E-state index is 11.4. The molecule has 0 aliphatic carbocycles. The van der Waals surface area contributed by atoms with E-state index in [1.807, 2.05) is 22.6 Å². The average molecular weight is 316 g/mol. The fraction of sp³-hybridized carbons (Fsp3) is 0.200. The number of carbonyl (C=O) groups excluding carboxylic acids is 1. The number of hydrogen-bond acceptors (Lipinski definition) is 3. The third-order valence-electron chi connectivity index (χ3n) is 1.93. The molecule has 78 valence electrons. The van der Waals surface area contributed by atoms with Crippen molar-refractivity contribution in [1.82, 2.24) is 9.38 Å². The number of rotatable bonds is 2. The first-order valence-electron chi connectivity index (χ1n) is 4.53. The van der Waals surface area contributed by atoms with E-state index in [1.54, 1.807) is 13.1 Å². The van der Waals surface area contributed by atoms with Gasteiger partial charge in [-0.05, 0) is 41.6 Å². The predicted octanol–water partition coefficient (Wildman–Crippen LogP) is 2.12. The summed E-state index contributed by atoms with van der Waals surface area (Å²) in [4.78, 5) is 15.6. The summed E-state index contributed by atoms with van der Waals surface area (Å²) in [5, 5.41) is 0. The predicted molar refractivity (Wildman–Crippen MR) is 63.9 cm³/mol. The number of ether oxygens (including phenoxy) is 1. The smallest absolute Gasteiger partial charge is 0.358 e. The summed E-state index contributed by atoms with van der Waals surface area (Å²) in [6.07, 6.45) is 1.69. The molecule has 5 heteroatoms. The van der Waals surface area contributed by atoms with Crippen LogP contribution in [0.15, 0.2) is 24.4 Å². The molecule has 4 nitrogen and oxygen atoms in total. The topological polar surface area (TPSA) is 43.6 Å². The van der Waals surface area contributed by atoms with Crippen LogP contribution in [0.5, 0.6) is 0 Å². The minimum atomic E-state index is -0.378. The third kappa shape index (κ3) is 1.97. The molecular weight excluding hydrogens is 307 g/mol. The first kappa shape index (κ1) is 10.4. The van der Waals surface area contributed by atoms with Crippen LogP contribution in [0.4, 0.5) is 0 Å². The maximum absolute atomic E-state index is 11.4. The summed E-state index contributed by atoms with van der Waals surface area (Å²) in [6.45, 7) is 2.14. The van der Waals surface area contributed by atoms with Crippen molar-refractivity contribution in [2.75, 3.05) is 6.61 Å². The van der Waals surface area contributed by atoms with Gasteiger partial charge in [-0.25, -0.2) is 9.78 Å². The van der Waals surface area contributed by atoms with Gasteiger partial charge in [-0.1, -0.05) is 6.07 Å². The van der Waals surface area contributed by atoms with Crippen LogP contribution < -0.4 is 0 Å². The van der Waals surface area contributed by atoms with E-state index < -0.39 is 0 Å². The summed E-state index contributed by atoms with van der Waals surface area (Å²) in [5.41, 5.74) is 1.10. The molecule has 0 bridgehead atoms. The molecule has 0 N–H and O–H groups in total. The average Bonchev–Trinajstić information content (AvgIpc) is 2.63. The second-order valence-corrected chi connectivity index (χ2v) is 4.03. The molecule has 15 heavy (non-hydrogen) atoms. The molecule has 2 aromatic rings. The fourth-order valence-corrected chi connectivity index (χ4v) is 1.87. The molecular formula is C10H9IN2O2. The number of aromatic nitrogens is 2. The van der Waals surface area contributed by atoms with Gasteiger partial charge in [0.2, 0.25) is 0 Å². The highest BCUT2D eigenvalue weighted by atomic mass is 127. The van der Waals surface area contributed by atoms with Crippen LogP contribution in [0, 0.1) is 3.70 Å². The second-order valence-electron chi connectivity index (χ2n) is 2.92. The van der Waals surface area contributed by atoms with E-state index in [9.17, 15) is 4.79 Å². The SMILES string of the molecule is CCOC(=O)c1cn2c(I)cccc2n1. The Morgan fingerprint density at radius 3 is 3.07 bits per heavy atom. The van der Waals surface area contributed by atoms with Gasteiger partial charge in [0.1, 0.15) is 5.65 Å². The van der Waals surface area contributed by atoms with E-state index in [0.29, 0.717) is 12.3 Å². The number of esters is 1. The summed E-state index contributed by atoms with van der Waals surface area (Å²) < 4.78 is 7.74. The van der Waals surface area contributed by atoms with Crippen LogP contribution in [0.1, 0.15) is 17.4 Å². The zero-order valence-corrected chi connectivity index (χ0v) is 10.3. The van der Waals surface area contributed by atoms with Gasteiger partial charge >= 0.3 is 5.97 Å². The van der Waals surface area contributed by atoms with Crippen molar-refractivity contribution in [1.29, 1.82) is 0 Å². The van der Waals surface area contributed by atoms with Crippen LogP contribution in [0.3, 0.4) is 0 Å². The fourth-order valence-electron chi connectivity index (χ4n) is 1.28. The number of nitrogens with zero attached hydrogens (tertiary/aromatic N) is 2. The van der Waals surface area contributed by atoms with Crippen LogP contribution in [-0.4, -0.2) is 22.0 Å². The minimum Gasteiger partial charge on any atom is -0.461 e. The highest BCUT2D eigenvalue weighted by Gasteiger charge is 2.11. The van der Waals surface area contributed by atoms with Gasteiger partial charge in [-0.15, -0.1) is 0 Å². The normalized spacial score (nSPS) is 10.5. The van der Waals surface area contributed by atoms with Crippen molar-refractivity contribution >= 4 is 34.2 Å². The third-order valence-corrected chi connectivity index (χ3v) is 2.81. The van der Waals surface area contributed by atoms with E-state index in [4.69, 9.17) is 4.74 Å². The number of pyridine rings is 1. The largest absolute Gasteiger partial charge is 0.461 e. The zero-order valence-electron chi connectivity index (χ0n) is 8.11. The lowest BCUT2D eigenvalue weighted by molar-refractivity contribution is 0.0520. The number of imidazole rings is 1. The highest BCUT2D eigenvalue weighted by Crippen LogP contribution is 2.11. The molecule has 0 saturated heterocycles. The van der Waals surface area contributed by atoms with Gasteiger partial charge in [-0.3, -0.25) is 4.40 Å². The molecule has 0 atom stereocenters. The standard InChI is InChI=1S/C10H9IN2O2/c1-2-15-10(14)7-6-13-8(11)4-3-5-9(13)12-7/h3-6H,2H2,1H3. The number of fused-ring (bicyclic) bond motifs is 1. The monoisotopic (exact) mass is 316 g/mol. The van der Waals surface area contributed by atoms with Gasteiger partial charge in [0, 0.05) is 6.20 Å². The second kappa shape index (κ2) is 4.18. The lowest BCUT2D eigenvalue weighted by Gasteiger charge is -1.95. The summed E-state index contributed by atoms with van der Waals surface area (Å²) in [6, 6.07) is 5.70. The van der Waals surface area contributed by atoms with Crippen molar-refractivity contribution in [3.8, 4) is 0 Å². The number of halogens is 1. The maximum Gasteiger partial charge on any atom is 0.358 e. The lowest BCUT2D eigenvalue weighted by atomic mass is 10.5. The molecule has 0 aromatic carbocycles. The van der Waals surface area contributed by atoms with E-state index in [0.717, 1.165) is 9.35 Å². The lowest BCUT2D eigenvalue weighted by Crippen LogP contribution is -2.04. The molecule has 0 radical (unpaired) electrons. The minimum absolute atomic E-state index is 0.348. The van der Waals surface area contributed by atoms with E-state index >= 15 is 0 Å². The van der Waals surface area contributed by atoms with Crippen molar-refractivity contribution in [2.45, 2.75) is 6.92 Å².